The molecule has 0 spiro atoms. The van der Waals surface area contributed by atoms with Gasteiger partial charge in [-0.05, 0) is 6.42 Å². The lowest BCUT2D eigenvalue weighted by molar-refractivity contribution is 0.466. The lowest BCUT2D eigenvalue weighted by Crippen LogP contribution is -1.93. The average Bonchev–Trinajstić information content (AvgIpc) is 1.88. The van der Waals surface area contributed by atoms with Crippen molar-refractivity contribution in [2.45, 2.75) is 13.3 Å². The lowest BCUT2D eigenvalue weighted by Gasteiger charge is -2.02. The predicted molar refractivity (Wildman–Crippen MR) is 39.7 cm³/mol. The summed E-state index contributed by atoms with van der Waals surface area (Å²) >= 11 is 0. The first-order chi connectivity index (χ1) is 4.75. The van der Waals surface area contributed by atoms with E-state index in [1.165, 1.54) is 6.20 Å². The maximum Gasteiger partial charge on any atom is 0.139 e. The number of anilines is 1. The maximum absolute atomic E-state index is 9.15. The monoisotopic (exact) mass is 138 g/mol. The molecule has 0 fully saturated rings. The fourth-order valence-electron chi connectivity index (χ4n) is 0.877. The number of nitrogen functional groups attached to an aromatic ring is 1. The molecule has 0 radical (unpaired) electrons. The number of nitrogens with two attached hydrogens (primary N) is 1. The highest BCUT2D eigenvalue weighted by Crippen LogP contribution is 2.20. The van der Waals surface area contributed by atoms with Gasteiger partial charge in [0.05, 0.1) is 18.1 Å². The van der Waals surface area contributed by atoms with Gasteiger partial charge in [0.25, 0.3) is 0 Å². The van der Waals surface area contributed by atoms with Crippen molar-refractivity contribution < 1.29 is 5.11 Å². The molecule has 0 saturated carbocycles. The Bertz CT molecular complexity index is 215. The van der Waals surface area contributed by atoms with Gasteiger partial charge in [-0.15, -0.1) is 0 Å². The summed E-state index contributed by atoms with van der Waals surface area (Å²) in [4.78, 5) is 3.72. The van der Waals surface area contributed by atoms with Crippen LogP contribution in [0.4, 0.5) is 5.69 Å². The molecule has 0 aromatic carbocycles. The van der Waals surface area contributed by atoms with Crippen LogP contribution in [0.5, 0.6) is 5.75 Å². The van der Waals surface area contributed by atoms with E-state index in [0.717, 1.165) is 12.0 Å². The Hall–Kier alpha value is -1.25. The van der Waals surface area contributed by atoms with E-state index in [1.807, 2.05) is 6.92 Å². The van der Waals surface area contributed by atoms with Crippen molar-refractivity contribution in [2.24, 2.45) is 0 Å². The van der Waals surface area contributed by atoms with Gasteiger partial charge in [-0.1, -0.05) is 6.92 Å². The molecule has 0 amide bonds. The Balaban J connectivity index is 3.17. The zero-order valence-electron chi connectivity index (χ0n) is 5.83. The SMILES string of the molecule is CCc1c(N)cncc1O. The minimum Gasteiger partial charge on any atom is -0.506 e. The van der Waals surface area contributed by atoms with Gasteiger partial charge in [-0.3, -0.25) is 4.98 Å². The molecule has 0 atom stereocenters. The standard InChI is InChI=1S/C7H10N2O/c1-2-5-6(8)3-9-4-7(5)10/h3-4,10H,2,8H2,1H3. The van der Waals surface area contributed by atoms with Crippen LogP contribution in [0.15, 0.2) is 12.4 Å². The van der Waals surface area contributed by atoms with Gasteiger partial charge in [0.2, 0.25) is 0 Å². The van der Waals surface area contributed by atoms with Crippen molar-refractivity contribution in [3.8, 4) is 5.75 Å². The van der Waals surface area contributed by atoms with Crippen LogP contribution in [0.3, 0.4) is 0 Å². The minimum absolute atomic E-state index is 0.183. The van der Waals surface area contributed by atoms with Crippen LogP contribution in [-0.2, 0) is 6.42 Å². The van der Waals surface area contributed by atoms with Crippen molar-refractivity contribution in [1.29, 1.82) is 0 Å². The molecule has 1 rings (SSSR count). The maximum atomic E-state index is 9.15. The van der Waals surface area contributed by atoms with Crippen LogP contribution in [0.25, 0.3) is 0 Å². The van der Waals surface area contributed by atoms with E-state index in [-0.39, 0.29) is 5.75 Å². The summed E-state index contributed by atoms with van der Waals surface area (Å²) in [7, 11) is 0. The van der Waals surface area contributed by atoms with Gasteiger partial charge in [0, 0.05) is 5.56 Å². The largest absolute Gasteiger partial charge is 0.506 e. The molecule has 0 bridgehead atoms. The van der Waals surface area contributed by atoms with Crippen molar-refractivity contribution in [1.82, 2.24) is 4.98 Å². The molecule has 3 heteroatoms. The number of hydrogen-bond donors (Lipinski definition) is 2. The third kappa shape index (κ3) is 1.03. The van der Waals surface area contributed by atoms with Crippen LogP contribution in [0, 0.1) is 0 Å². The van der Waals surface area contributed by atoms with E-state index < -0.39 is 0 Å². The van der Waals surface area contributed by atoms with Crippen LogP contribution in [0.1, 0.15) is 12.5 Å². The van der Waals surface area contributed by atoms with Crippen LogP contribution < -0.4 is 5.73 Å². The average molecular weight is 138 g/mol. The van der Waals surface area contributed by atoms with Crippen molar-refractivity contribution in [2.75, 3.05) is 5.73 Å². The molecule has 0 unspecified atom stereocenters. The molecular formula is C7H10N2O. The molecule has 0 saturated heterocycles. The summed E-state index contributed by atoms with van der Waals surface area (Å²) in [5, 5.41) is 9.15. The summed E-state index contributed by atoms with van der Waals surface area (Å²) < 4.78 is 0. The molecule has 0 aliphatic rings. The number of aromatic nitrogens is 1. The summed E-state index contributed by atoms with van der Waals surface area (Å²) in [6.07, 6.45) is 3.67. The first-order valence-corrected chi connectivity index (χ1v) is 3.17. The van der Waals surface area contributed by atoms with Gasteiger partial charge in [0.1, 0.15) is 5.75 Å². The third-order valence-electron chi connectivity index (χ3n) is 1.42. The topological polar surface area (TPSA) is 59.1 Å². The van der Waals surface area contributed by atoms with E-state index in [9.17, 15) is 0 Å². The normalized spacial score (nSPS) is 9.70. The molecule has 54 valence electrons. The summed E-state index contributed by atoms with van der Waals surface area (Å²) in [6, 6.07) is 0. The highest BCUT2D eigenvalue weighted by Gasteiger charge is 2.01. The van der Waals surface area contributed by atoms with Gasteiger partial charge in [-0.2, -0.15) is 0 Å². The van der Waals surface area contributed by atoms with E-state index in [1.54, 1.807) is 6.20 Å². The zero-order chi connectivity index (χ0) is 7.56. The fourth-order valence-corrected chi connectivity index (χ4v) is 0.877. The van der Waals surface area contributed by atoms with Gasteiger partial charge in [-0.25, -0.2) is 0 Å². The fraction of sp³-hybridized carbons (Fsp3) is 0.286. The molecular weight excluding hydrogens is 128 g/mol. The molecule has 0 aliphatic carbocycles. The molecule has 3 N–H and O–H groups in total. The molecule has 0 aliphatic heterocycles. The zero-order valence-corrected chi connectivity index (χ0v) is 5.83. The third-order valence-corrected chi connectivity index (χ3v) is 1.42. The Kier molecular flexibility index (Phi) is 1.76. The van der Waals surface area contributed by atoms with E-state index >= 15 is 0 Å². The van der Waals surface area contributed by atoms with Crippen molar-refractivity contribution in [3.63, 3.8) is 0 Å². The second-order valence-electron chi connectivity index (χ2n) is 2.08. The quantitative estimate of drug-likeness (QED) is 0.607. The highest BCUT2D eigenvalue weighted by atomic mass is 16.3. The number of nitrogens with zero attached hydrogens (tertiary/aromatic N) is 1. The number of rotatable bonds is 1. The van der Waals surface area contributed by atoms with Gasteiger partial charge < -0.3 is 10.8 Å². The Morgan fingerprint density at radius 2 is 2.30 bits per heavy atom. The van der Waals surface area contributed by atoms with Crippen LogP contribution in [0.2, 0.25) is 0 Å². The molecule has 1 aromatic heterocycles. The van der Waals surface area contributed by atoms with Gasteiger partial charge >= 0.3 is 0 Å². The van der Waals surface area contributed by atoms with Crippen LogP contribution >= 0.6 is 0 Å². The Labute approximate surface area is 59.5 Å². The highest BCUT2D eigenvalue weighted by molar-refractivity contribution is 5.50. The van der Waals surface area contributed by atoms with Crippen LogP contribution in [-0.4, -0.2) is 10.1 Å². The van der Waals surface area contributed by atoms with Crippen molar-refractivity contribution >= 4 is 5.69 Å². The predicted octanol–water partition coefficient (Wildman–Crippen LogP) is 0.932. The number of hydrogen-bond acceptors (Lipinski definition) is 3. The Morgan fingerprint density at radius 3 is 2.70 bits per heavy atom. The van der Waals surface area contributed by atoms with E-state index in [0.29, 0.717) is 5.69 Å². The smallest absolute Gasteiger partial charge is 0.139 e. The molecule has 3 nitrogen and oxygen atoms in total. The second kappa shape index (κ2) is 2.56. The first kappa shape index (κ1) is 6.86. The second-order valence-corrected chi connectivity index (χ2v) is 2.08. The number of pyridine rings is 1. The molecule has 10 heavy (non-hydrogen) atoms. The first-order valence-electron chi connectivity index (χ1n) is 3.17. The molecule has 1 heterocycles. The number of aromatic hydroxyl groups is 1. The van der Waals surface area contributed by atoms with Gasteiger partial charge in [0.15, 0.2) is 0 Å². The summed E-state index contributed by atoms with van der Waals surface area (Å²) in [5.41, 5.74) is 6.84. The minimum atomic E-state index is 0.183. The van der Waals surface area contributed by atoms with Crippen molar-refractivity contribution in [3.05, 3.63) is 18.0 Å². The molecule has 1 aromatic rings. The van der Waals surface area contributed by atoms with E-state index in [2.05, 4.69) is 4.98 Å². The Morgan fingerprint density at radius 1 is 1.60 bits per heavy atom. The lowest BCUT2D eigenvalue weighted by atomic mass is 10.2. The summed E-state index contributed by atoms with van der Waals surface area (Å²) in [5.74, 6) is 0.183. The van der Waals surface area contributed by atoms with E-state index in [4.69, 9.17) is 10.8 Å². The summed E-state index contributed by atoms with van der Waals surface area (Å²) in [6.45, 7) is 1.94.